The van der Waals surface area contributed by atoms with Gasteiger partial charge in [-0.25, -0.2) is 0 Å². The topological polar surface area (TPSA) is 17.1 Å². The summed E-state index contributed by atoms with van der Waals surface area (Å²) in [5.41, 5.74) is 0.217. The zero-order chi connectivity index (χ0) is 9.31. The fraction of sp³-hybridized carbons (Fsp3) is 0.273. The third-order valence-electron chi connectivity index (χ3n) is 2.64. The molecule has 1 aromatic rings. The average Bonchev–Trinajstić information content (AvgIpc) is 2.50. The Labute approximate surface area is 78.9 Å². The third-order valence-corrected chi connectivity index (χ3v) is 6.06. The molecule has 0 amide bonds. The van der Waals surface area contributed by atoms with Crippen LogP contribution in [0.15, 0.2) is 42.5 Å². The van der Waals surface area contributed by atoms with E-state index in [2.05, 4.69) is 6.08 Å². The highest BCUT2D eigenvalue weighted by Crippen LogP contribution is 2.53. The van der Waals surface area contributed by atoms with Crippen LogP contribution in [0.3, 0.4) is 0 Å². The number of benzene rings is 1. The molecule has 0 saturated carbocycles. The van der Waals surface area contributed by atoms with Crippen molar-refractivity contribution in [2.24, 2.45) is 0 Å². The van der Waals surface area contributed by atoms with Crippen LogP contribution in [-0.4, -0.2) is 11.8 Å². The number of allylic oxidation sites excluding steroid dienone is 2. The van der Waals surface area contributed by atoms with Crippen molar-refractivity contribution in [3.05, 3.63) is 42.5 Å². The SMILES string of the molecule is CC1C=CC[P@]1(=O)c1ccccc1. The van der Waals surface area contributed by atoms with Crippen LogP contribution in [0.25, 0.3) is 0 Å². The molecule has 2 rings (SSSR count). The van der Waals surface area contributed by atoms with E-state index in [1.807, 2.05) is 43.3 Å². The van der Waals surface area contributed by atoms with Gasteiger partial charge in [0.2, 0.25) is 0 Å². The van der Waals surface area contributed by atoms with E-state index < -0.39 is 7.14 Å². The summed E-state index contributed by atoms with van der Waals surface area (Å²) in [5.74, 6) is 0. The van der Waals surface area contributed by atoms with Crippen molar-refractivity contribution in [3.63, 3.8) is 0 Å². The van der Waals surface area contributed by atoms with E-state index >= 15 is 0 Å². The minimum Gasteiger partial charge on any atom is -0.318 e. The maximum Gasteiger partial charge on any atom is 0.125 e. The molecule has 0 aliphatic carbocycles. The number of hydrogen-bond acceptors (Lipinski definition) is 1. The van der Waals surface area contributed by atoms with Crippen LogP contribution in [-0.2, 0) is 4.57 Å². The van der Waals surface area contributed by atoms with E-state index in [9.17, 15) is 4.57 Å². The van der Waals surface area contributed by atoms with Gasteiger partial charge in [0.05, 0.1) is 0 Å². The number of rotatable bonds is 1. The molecule has 1 heterocycles. The summed E-state index contributed by atoms with van der Waals surface area (Å²) in [5, 5.41) is 1.02. The van der Waals surface area contributed by atoms with Crippen molar-refractivity contribution < 1.29 is 4.57 Å². The Morgan fingerprint density at radius 1 is 1.31 bits per heavy atom. The zero-order valence-corrected chi connectivity index (χ0v) is 8.58. The minimum atomic E-state index is -2.12. The highest BCUT2D eigenvalue weighted by Gasteiger charge is 2.32. The zero-order valence-electron chi connectivity index (χ0n) is 7.68. The summed E-state index contributed by atoms with van der Waals surface area (Å²) in [4.78, 5) is 0. The Morgan fingerprint density at radius 3 is 2.54 bits per heavy atom. The highest BCUT2D eigenvalue weighted by molar-refractivity contribution is 7.72. The molecule has 0 fully saturated rings. The molecule has 1 nitrogen and oxygen atoms in total. The Balaban J connectivity index is 2.42. The monoisotopic (exact) mass is 192 g/mol. The molecule has 1 aromatic carbocycles. The molecule has 0 radical (unpaired) electrons. The molecule has 1 aliphatic rings. The second-order valence-corrected chi connectivity index (χ2v) is 6.77. The predicted molar refractivity (Wildman–Crippen MR) is 57.2 cm³/mol. The van der Waals surface area contributed by atoms with Crippen LogP contribution in [0.4, 0.5) is 0 Å². The molecule has 1 aliphatic heterocycles. The molecule has 0 saturated heterocycles. The van der Waals surface area contributed by atoms with Crippen molar-refractivity contribution in [1.82, 2.24) is 0 Å². The van der Waals surface area contributed by atoms with Gasteiger partial charge in [-0.05, 0) is 0 Å². The Hall–Kier alpha value is -0.810. The van der Waals surface area contributed by atoms with Gasteiger partial charge in [0, 0.05) is 17.1 Å². The van der Waals surface area contributed by atoms with Gasteiger partial charge in [0.15, 0.2) is 0 Å². The van der Waals surface area contributed by atoms with Crippen LogP contribution in [0.5, 0.6) is 0 Å². The first-order valence-electron chi connectivity index (χ1n) is 4.54. The molecule has 0 spiro atoms. The maximum atomic E-state index is 12.5. The van der Waals surface area contributed by atoms with Crippen LogP contribution in [0.2, 0.25) is 0 Å². The standard InChI is InChI=1S/C11H13OP/c1-10-6-5-9-13(10,12)11-7-3-2-4-8-11/h2-8,10H,9H2,1H3/t10?,13-/m1/s1. The maximum absolute atomic E-state index is 12.5. The largest absolute Gasteiger partial charge is 0.318 e. The summed E-state index contributed by atoms with van der Waals surface area (Å²) in [6.07, 6.45) is 4.84. The van der Waals surface area contributed by atoms with Crippen molar-refractivity contribution >= 4 is 12.4 Å². The van der Waals surface area contributed by atoms with Crippen molar-refractivity contribution in [2.45, 2.75) is 12.6 Å². The smallest absolute Gasteiger partial charge is 0.125 e. The van der Waals surface area contributed by atoms with Gasteiger partial charge in [-0.2, -0.15) is 0 Å². The summed E-state index contributed by atoms with van der Waals surface area (Å²) in [7, 11) is -2.12. The van der Waals surface area contributed by atoms with Crippen LogP contribution < -0.4 is 5.30 Å². The summed E-state index contributed by atoms with van der Waals surface area (Å²) < 4.78 is 12.5. The fourth-order valence-corrected chi connectivity index (χ4v) is 4.27. The van der Waals surface area contributed by atoms with Crippen LogP contribution in [0, 0.1) is 0 Å². The lowest BCUT2D eigenvalue weighted by atomic mass is 10.4. The fourth-order valence-electron chi connectivity index (χ4n) is 1.74. The summed E-state index contributed by atoms with van der Waals surface area (Å²) in [6, 6.07) is 9.83. The average molecular weight is 192 g/mol. The van der Waals surface area contributed by atoms with Crippen LogP contribution in [0.1, 0.15) is 6.92 Å². The molecule has 0 bridgehead atoms. The normalized spacial score (nSPS) is 32.2. The molecule has 0 aromatic heterocycles. The van der Waals surface area contributed by atoms with E-state index in [0.29, 0.717) is 0 Å². The summed E-state index contributed by atoms with van der Waals surface area (Å²) >= 11 is 0. The van der Waals surface area contributed by atoms with Gasteiger partial charge < -0.3 is 4.57 Å². The third kappa shape index (κ3) is 1.38. The number of hydrogen-bond donors (Lipinski definition) is 0. The van der Waals surface area contributed by atoms with E-state index in [4.69, 9.17) is 0 Å². The second kappa shape index (κ2) is 3.16. The van der Waals surface area contributed by atoms with E-state index in [1.54, 1.807) is 0 Å². The predicted octanol–water partition coefficient (Wildman–Crippen LogP) is 2.63. The van der Waals surface area contributed by atoms with Gasteiger partial charge in [-0.1, -0.05) is 49.4 Å². The van der Waals surface area contributed by atoms with E-state index in [-0.39, 0.29) is 5.66 Å². The van der Waals surface area contributed by atoms with E-state index in [1.165, 1.54) is 0 Å². The van der Waals surface area contributed by atoms with Crippen LogP contribution >= 0.6 is 7.14 Å². The van der Waals surface area contributed by atoms with Gasteiger partial charge >= 0.3 is 0 Å². The quantitative estimate of drug-likeness (QED) is 0.493. The van der Waals surface area contributed by atoms with E-state index in [0.717, 1.165) is 11.5 Å². The lowest BCUT2D eigenvalue weighted by Gasteiger charge is -2.16. The Bertz CT molecular complexity index is 367. The first-order chi connectivity index (χ1) is 6.23. The summed E-state index contributed by atoms with van der Waals surface area (Å²) in [6.45, 7) is 2.04. The molecule has 2 heteroatoms. The molecule has 0 N–H and O–H groups in total. The highest BCUT2D eigenvalue weighted by atomic mass is 31.2. The van der Waals surface area contributed by atoms with Gasteiger partial charge in [-0.3, -0.25) is 0 Å². The molecular formula is C11H13OP. The van der Waals surface area contributed by atoms with Gasteiger partial charge in [0.25, 0.3) is 0 Å². The first-order valence-corrected chi connectivity index (χ1v) is 6.50. The molecule has 13 heavy (non-hydrogen) atoms. The second-order valence-electron chi connectivity index (χ2n) is 3.48. The molecular weight excluding hydrogens is 179 g/mol. The van der Waals surface area contributed by atoms with Gasteiger partial charge in [-0.15, -0.1) is 0 Å². The molecule has 2 atom stereocenters. The van der Waals surface area contributed by atoms with Crippen molar-refractivity contribution in [3.8, 4) is 0 Å². The first kappa shape index (κ1) is 8.77. The van der Waals surface area contributed by atoms with Crippen molar-refractivity contribution in [2.75, 3.05) is 6.16 Å². The Kier molecular flexibility index (Phi) is 2.13. The lowest BCUT2D eigenvalue weighted by Crippen LogP contribution is -2.11. The molecule has 68 valence electrons. The lowest BCUT2D eigenvalue weighted by molar-refractivity contribution is 0.581. The van der Waals surface area contributed by atoms with Crippen molar-refractivity contribution in [1.29, 1.82) is 0 Å². The van der Waals surface area contributed by atoms with Gasteiger partial charge in [0.1, 0.15) is 7.14 Å². The molecule has 1 unspecified atom stereocenters. The minimum absolute atomic E-state index is 0.217. The Morgan fingerprint density at radius 2 is 2.00 bits per heavy atom.